The van der Waals surface area contributed by atoms with Crippen molar-refractivity contribution in [2.75, 3.05) is 13.2 Å². The minimum atomic E-state index is -1.02. The number of aliphatic hydroxyl groups excluding tert-OH is 3. The summed E-state index contributed by atoms with van der Waals surface area (Å²) in [7, 11) is 0. The number of allylic oxidation sites excluding steroid dienone is 1. The van der Waals surface area contributed by atoms with Gasteiger partial charge < -0.3 is 24.8 Å². The molecule has 1 aliphatic heterocycles. The first-order valence-corrected chi connectivity index (χ1v) is 7.09. The summed E-state index contributed by atoms with van der Waals surface area (Å²) in [4.78, 5) is 0. The molecule has 0 unspecified atom stereocenters. The SMILES string of the molecule is CCCCCC/C=C/O[C@H]1[C@H](O)[C@@H](CO)OC[C@@H]1O. The molecule has 1 heterocycles. The predicted molar refractivity (Wildman–Crippen MR) is 71.6 cm³/mol. The lowest BCUT2D eigenvalue weighted by molar-refractivity contribution is -0.197. The second-order valence-electron chi connectivity index (χ2n) is 4.93. The van der Waals surface area contributed by atoms with Gasteiger partial charge in [0.15, 0.2) is 6.10 Å². The predicted octanol–water partition coefficient (Wildman–Crippen LogP) is 0.969. The summed E-state index contributed by atoms with van der Waals surface area (Å²) >= 11 is 0. The molecule has 19 heavy (non-hydrogen) atoms. The fourth-order valence-corrected chi connectivity index (χ4v) is 2.09. The van der Waals surface area contributed by atoms with Gasteiger partial charge in [-0.25, -0.2) is 0 Å². The number of hydrogen-bond acceptors (Lipinski definition) is 5. The van der Waals surface area contributed by atoms with Crippen LogP contribution in [0.2, 0.25) is 0 Å². The third-order valence-electron chi connectivity index (χ3n) is 3.31. The van der Waals surface area contributed by atoms with Gasteiger partial charge in [0.05, 0.1) is 19.5 Å². The van der Waals surface area contributed by atoms with Crippen LogP contribution in [0.15, 0.2) is 12.3 Å². The van der Waals surface area contributed by atoms with Crippen LogP contribution in [0.5, 0.6) is 0 Å². The Kier molecular flexibility index (Phi) is 8.05. The van der Waals surface area contributed by atoms with Gasteiger partial charge in [0.2, 0.25) is 0 Å². The topological polar surface area (TPSA) is 79.2 Å². The summed E-state index contributed by atoms with van der Waals surface area (Å²) in [5.74, 6) is 0. The van der Waals surface area contributed by atoms with Gasteiger partial charge in [-0.05, 0) is 18.9 Å². The molecule has 0 aliphatic carbocycles. The van der Waals surface area contributed by atoms with Crippen molar-refractivity contribution in [2.24, 2.45) is 0 Å². The molecule has 0 aromatic carbocycles. The Hall–Kier alpha value is -0.620. The highest BCUT2D eigenvalue weighted by Crippen LogP contribution is 2.18. The second-order valence-corrected chi connectivity index (χ2v) is 4.93. The van der Waals surface area contributed by atoms with Gasteiger partial charge >= 0.3 is 0 Å². The van der Waals surface area contributed by atoms with E-state index in [1.54, 1.807) is 0 Å². The smallest absolute Gasteiger partial charge is 0.154 e. The number of hydrogen-bond donors (Lipinski definition) is 3. The molecule has 0 amide bonds. The molecule has 1 fully saturated rings. The van der Waals surface area contributed by atoms with Gasteiger partial charge in [0, 0.05) is 0 Å². The molecule has 3 N–H and O–H groups in total. The van der Waals surface area contributed by atoms with E-state index in [0.29, 0.717) is 0 Å². The molecular weight excluding hydrogens is 248 g/mol. The van der Waals surface area contributed by atoms with E-state index in [0.717, 1.165) is 12.8 Å². The Morgan fingerprint density at radius 2 is 2.05 bits per heavy atom. The van der Waals surface area contributed by atoms with E-state index in [-0.39, 0.29) is 13.2 Å². The summed E-state index contributed by atoms with van der Waals surface area (Å²) in [6.45, 7) is 1.95. The normalized spacial score (nSPS) is 31.8. The van der Waals surface area contributed by atoms with Crippen molar-refractivity contribution >= 4 is 0 Å². The molecule has 0 aromatic heterocycles. The first kappa shape index (κ1) is 16.4. The van der Waals surface area contributed by atoms with Gasteiger partial charge in [-0.2, -0.15) is 0 Å². The van der Waals surface area contributed by atoms with Crippen molar-refractivity contribution in [3.8, 4) is 0 Å². The van der Waals surface area contributed by atoms with Crippen LogP contribution in [0.1, 0.15) is 39.0 Å². The van der Waals surface area contributed by atoms with Crippen LogP contribution in [-0.4, -0.2) is 52.9 Å². The Balaban J connectivity index is 2.27. The van der Waals surface area contributed by atoms with Crippen LogP contribution < -0.4 is 0 Å². The summed E-state index contributed by atoms with van der Waals surface area (Å²) in [5, 5.41) is 28.6. The van der Waals surface area contributed by atoms with Crippen LogP contribution in [0.4, 0.5) is 0 Å². The quantitative estimate of drug-likeness (QED) is 0.454. The molecule has 1 rings (SSSR count). The van der Waals surface area contributed by atoms with E-state index in [1.165, 1.54) is 25.5 Å². The van der Waals surface area contributed by atoms with Gasteiger partial charge in [-0.1, -0.05) is 26.2 Å². The third-order valence-corrected chi connectivity index (χ3v) is 3.31. The van der Waals surface area contributed by atoms with Crippen molar-refractivity contribution in [1.82, 2.24) is 0 Å². The lowest BCUT2D eigenvalue weighted by Gasteiger charge is -2.36. The molecular formula is C14H26O5. The average Bonchev–Trinajstić information content (AvgIpc) is 2.41. The van der Waals surface area contributed by atoms with Gasteiger partial charge in [0.25, 0.3) is 0 Å². The highest BCUT2D eigenvalue weighted by molar-refractivity contribution is 4.89. The van der Waals surface area contributed by atoms with Gasteiger partial charge in [-0.15, -0.1) is 0 Å². The zero-order valence-electron chi connectivity index (χ0n) is 11.6. The molecule has 5 nitrogen and oxygen atoms in total. The second kappa shape index (κ2) is 9.31. The fourth-order valence-electron chi connectivity index (χ4n) is 2.09. The van der Waals surface area contributed by atoms with E-state index in [9.17, 15) is 10.2 Å². The molecule has 0 radical (unpaired) electrons. The minimum absolute atomic E-state index is 0.0668. The zero-order valence-corrected chi connectivity index (χ0v) is 11.6. The highest BCUT2D eigenvalue weighted by atomic mass is 16.6. The van der Waals surface area contributed by atoms with Crippen LogP contribution in [0.25, 0.3) is 0 Å². The maximum absolute atomic E-state index is 9.87. The highest BCUT2D eigenvalue weighted by Gasteiger charge is 2.39. The molecule has 0 bridgehead atoms. The Bertz CT molecular complexity index is 256. The van der Waals surface area contributed by atoms with E-state index < -0.39 is 24.4 Å². The Morgan fingerprint density at radius 3 is 2.74 bits per heavy atom. The zero-order chi connectivity index (χ0) is 14.1. The molecule has 1 aliphatic rings. The number of rotatable bonds is 8. The maximum Gasteiger partial charge on any atom is 0.154 e. The van der Waals surface area contributed by atoms with Crippen molar-refractivity contribution in [3.05, 3.63) is 12.3 Å². The van der Waals surface area contributed by atoms with Crippen LogP contribution in [0, 0.1) is 0 Å². The number of aliphatic hydroxyl groups is 3. The summed E-state index contributed by atoms with van der Waals surface area (Å²) in [6.07, 6.45) is 5.82. The molecule has 1 saturated heterocycles. The average molecular weight is 274 g/mol. The van der Waals surface area contributed by atoms with Crippen molar-refractivity contribution in [3.63, 3.8) is 0 Å². The Morgan fingerprint density at radius 1 is 1.26 bits per heavy atom. The fraction of sp³-hybridized carbons (Fsp3) is 0.857. The van der Waals surface area contributed by atoms with E-state index in [4.69, 9.17) is 14.6 Å². The lowest BCUT2D eigenvalue weighted by Crippen LogP contribution is -2.54. The molecule has 5 heteroatoms. The van der Waals surface area contributed by atoms with Crippen LogP contribution in [-0.2, 0) is 9.47 Å². The summed E-state index contributed by atoms with van der Waals surface area (Å²) < 4.78 is 10.5. The van der Waals surface area contributed by atoms with Crippen LogP contribution in [0.3, 0.4) is 0 Å². The standard InChI is InChI=1S/C14H26O5/c1-2-3-4-5-6-7-8-18-14-11(16)10-19-12(9-15)13(14)17/h7-8,11-17H,2-6,9-10H2,1H3/b8-7+/t11-,12+,13+,14+/m0/s1. The van der Waals surface area contributed by atoms with Crippen molar-refractivity contribution in [1.29, 1.82) is 0 Å². The Labute approximate surface area is 114 Å². The van der Waals surface area contributed by atoms with E-state index >= 15 is 0 Å². The van der Waals surface area contributed by atoms with Gasteiger partial charge in [0.1, 0.15) is 18.3 Å². The minimum Gasteiger partial charge on any atom is -0.493 e. The maximum atomic E-state index is 9.87. The molecule has 4 atom stereocenters. The van der Waals surface area contributed by atoms with E-state index in [1.807, 2.05) is 6.08 Å². The first-order chi connectivity index (χ1) is 9.20. The largest absolute Gasteiger partial charge is 0.493 e. The molecule has 0 aromatic rings. The molecule has 0 spiro atoms. The summed E-state index contributed by atoms with van der Waals surface area (Å²) in [6, 6.07) is 0. The van der Waals surface area contributed by atoms with E-state index in [2.05, 4.69) is 6.92 Å². The lowest BCUT2D eigenvalue weighted by atomic mass is 10.0. The van der Waals surface area contributed by atoms with Gasteiger partial charge in [-0.3, -0.25) is 0 Å². The number of unbranched alkanes of at least 4 members (excludes halogenated alkanes) is 4. The molecule has 112 valence electrons. The molecule has 0 saturated carbocycles. The van der Waals surface area contributed by atoms with Crippen molar-refractivity contribution < 1.29 is 24.8 Å². The number of ether oxygens (including phenoxy) is 2. The first-order valence-electron chi connectivity index (χ1n) is 7.09. The van der Waals surface area contributed by atoms with Crippen LogP contribution >= 0.6 is 0 Å². The monoisotopic (exact) mass is 274 g/mol. The third kappa shape index (κ3) is 5.48. The van der Waals surface area contributed by atoms with Crippen molar-refractivity contribution in [2.45, 2.75) is 63.4 Å². The summed E-state index contributed by atoms with van der Waals surface area (Å²) in [5.41, 5.74) is 0.